The van der Waals surface area contributed by atoms with E-state index in [9.17, 15) is 4.79 Å². The second kappa shape index (κ2) is 7.56. The van der Waals surface area contributed by atoms with Crippen LogP contribution >= 0.6 is 15.9 Å². The van der Waals surface area contributed by atoms with E-state index >= 15 is 0 Å². The van der Waals surface area contributed by atoms with Crippen molar-refractivity contribution >= 4 is 21.9 Å². The fourth-order valence-corrected chi connectivity index (χ4v) is 1.92. The standard InChI is InChI=1S/C12H18BrNO4/c1-4-16-11(15)10-7-9(13)8-14(10)12(17-5-2)18-6-3/h7-8,12H,4-6H2,1-3H3. The SMILES string of the molecule is CCOC(=O)c1cc(Br)cn1C(OCC)OCC. The highest BCUT2D eigenvalue weighted by Crippen LogP contribution is 2.22. The van der Waals surface area contributed by atoms with E-state index in [1.54, 1.807) is 23.8 Å². The van der Waals surface area contributed by atoms with E-state index in [4.69, 9.17) is 14.2 Å². The Bertz CT molecular complexity index is 385. The van der Waals surface area contributed by atoms with Crippen LogP contribution in [0.2, 0.25) is 0 Å². The zero-order valence-electron chi connectivity index (χ0n) is 10.8. The predicted molar refractivity (Wildman–Crippen MR) is 70.4 cm³/mol. The third-order valence-corrected chi connectivity index (χ3v) is 2.58. The lowest BCUT2D eigenvalue weighted by Gasteiger charge is -2.20. The number of hydrogen-bond donors (Lipinski definition) is 0. The number of carbonyl (C=O) groups is 1. The second-order valence-electron chi connectivity index (χ2n) is 3.39. The van der Waals surface area contributed by atoms with Gasteiger partial charge in [0.25, 0.3) is 0 Å². The van der Waals surface area contributed by atoms with E-state index in [-0.39, 0.29) is 0 Å². The molecule has 0 saturated heterocycles. The Hall–Kier alpha value is -0.850. The van der Waals surface area contributed by atoms with Crippen LogP contribution in [-0.2, 0) is 14.2 Å². The van der Waals surface area contributed by atoms with Gasteiger partial charge in [-0.3, -0.25) is 4.57 Å². The monoisotopic (exact) mass is 319 g/mol. The number of ether oxygens (including phenoxy) is 3. The smallest absolute Gasteiger partial charge is 0.355 e. The number of aromatic nitrogens is 1. The van der Waals surface area contributed by atoms with Crippen LogP contribution in [-0.4, -0.2) is 30.4 Å². The molecule has 0 radical (unpaired) electrons. The molecule has 0 aliphatic carbocycles. The van der Waals surface area contributed by atoms with Gasteiger partial charge in [0.2, 0.25) is 6.41 Å². The van der Waals surface area contributed by atoms with Gasteiger partial charge in [-0.1, -0.05) is 0 Å². The van der Waals surface area contributed by atoms with Gasteiger partial charge in [-0.2, -0.15) is 0 Å². The summed E-state index contributed by atoms with van der Waals surface area (Å²) in [6, 6.07) is 1.68. The minimum atomic E-state index is -0.620. The second-order valence-corrected chi connectivity index (χ2v) is 4.30. The van der Waals surface area contributed by atoms with Crippen LogP contribution < -0.4 is 0 Å². The molecule has 1 heterocycles. The van der Waals surface area contributed by atoms with Crippen LogP contribution in [0.5, 0.6) is 0 Å². The fraction of sp³-hybridized carbons (Fsp3) is 0.583. The number of hydrogen-bond acceptors (Lipinski definition) is 4. The van der Waals surface area contributed by atoms with Crippen molar-refractivity contribution in [2.75, 3.05) is 19.8 Å². The summed E-state index contributed by atoms with van der Waals surface area (Å²) in [4.78, 5) is 11.8. The maximum atomic E-state index is 11.8. The summed E-state index contributed by atoms with van der Waals surface area (Å²) in [5, 5.41) is 0. The molecule has 6 heteroatoms. The Labute approximate surface area is 115 Å². The van der Waals surface area contributed by atoms with Gasteiger partial charge < -0.3 is 14.2 Å². The normalized spacial score (nSPS) is 10.9. The molecule has 0 unspecified atom stereocenters. The largest absolute Gasteiger partial charge is 0.461 e. The van der Waals surface area contributed by atoms with Crippen LogP contribution in [0.4, 0.5) is 0 Å². The predicted octanol–water partition coefficient (Wildman–Crippen LogP) is 2.96. The Morgan fingerprint density at radius 3 is 2.39 bits per heavy atom. The molecule has 1 aromatic heterocycles. The zero-order valence-corrected chi connectivity index (χ0v) is 12.4. The summed E-state index contributed by atoms with van der Waals surface area (Å²) in [7, 11) is 0. The minimum Gasteiger partial charge on any atom is -0.461 e. The van der Waals surface area contributed by atoms with Crippen LogP contribution in [0.25, 0.3) is 0 Å². The Morgan fingerprint density at radius 1 is 1.28 bits per heavy atom. The number of rotatable bonds is 7. The summed E-state index contributed by atoms with van der Waals surface area (Å²) in [5.74, 6) is -0.396. The average Bonchev–Trinajstić information content (AvgIpc) is 2.71. The van der Waals surface area contributed by atoms with Crippen molar-refractivity contribution in [3.05, 3.63) is 22.4 Å². The van der Waals surface area contributed by atoms with Gasteiger partial charge in [0, 0.05) is 23.9 Å². The lowest BCUT2D eigenvalue weighted by molar-refractivity contribution is -0.186. The van der Waals surface area contributed by atoms with Gasteiger partial charge >= 0.3 is 5.97 Å². The van der Waals surface area contributed by atoms with E-state index in [1.807, 2.05) is 13.8 Å². The summed E-state index contributed by atoms with van der Waals surface area (Å²) in [5.41, 5.74) is 0.399. The van der Waals surface area contributed by atoms with Crippen LogP contribution in [0, 0.1) is 0 Å². The maximum Gasteiger partial charge on any atom is 0.355 e. The fourth-order valence-electron chi connectivity index (χ4n) is 1.48. The molecular weight excluding hydrogens is 302 g/mol. The number of nitrogens with zero attached hydrogens (tertiary/aromatic N) is 1. The molecule has 0 N–H and O–H groups in total. The van der Waals surface area contributed by atoms with Crippen molar-refractivity contribution in [1.29, 1.82) is 0 Å². The zero-order chi connectivity index (χ0) is 13.5. The van der Waals surface area contributed by atoms with Crippen molar-refractivity contribution < 1.29 is 19.0 Å². The number of halogens is 1. The van der Waals surface area contributed by atoms with Crippen molar-refractivity contribution in [1.82, 2.24) is 4.57 Å². The van der Waals surface area contributed by atoms with Crippen LogP contribution in [0.1, 0.15) is 37.7 Å². The van der Waals surface area contributed by atoms with E-state index in [2.05, 4.69) is 15.9 Å². The van der Waals surface area contributed by atoms with Gasteiger partial charge in [0.05, 0.1) is 6.61 Å². The third-order valence-electron chi connectivity index (χ3n) is 2.15. The average molecular weight is 320 g/mol. The Morgan fingerprint density at radius 2 is 1.89 bits per heavy atom. The first-order valence-corrected chi connectivity index (χ1v) is 6.71. The van der Waals surface area contributed by atoms with Gasteiger partial charge in [-0.15, -0.1) is 0 Å². The molecule has 1 aromatic rings. The molecule has 0 atom stereocenters. The third kappa shape index (κ3) is 3.83. The minimum absolute atomic E-state index is 0.329. The molecule has 0 fully saturated rings. The first kappa shape index (κ1) is 15.2. The van der Waals surface area contributed by atoms with Gasteiger partial charge in [-0.25, -0.2) is 4.79 Å². The van der Waals surface area contributed by atoms with E-state index in [1.165, 1.54) is 0 Å². The lowest BCUT2D eigenvalue weighted by atomic mass is 10.4. The Balaban J connectivity index is 3.00. The molecule has 0 saturated carbocycles. The van der Waals surface area contributed by atoms with E-state index in [0.717, 1.165) is 4.47 Å². The van der Waals surface area contributed by atoms with Crippen molar-refractivity contribution in [2.45, 2.75) is 27.2 Å². The molecule has 0 aliphatic heterocycles. The highest BCUT2D eigenvalue weighted by molar-refractivity contribution is 9.10. The van der Waals surface area contributed by atoms with E-state index in [0.29, 0.717) is 25.5 Å². The van der Waals surface area contributed by atoms with Crippen LogP contribution in [0.15, 0.2) is 16.7 Å². The maximum absolute atomic E-state index is 11.8. The first-order chi connectivity index (χ1) is 8.63. The first-order valence-electron chi connectivity index (χ1n) is 5.91. The summed E-state index contributed by atoms with van der Waals surface area (Å²) < 4.78 is 18.3. The summed E-state index contributed by atoms with van der Waals surface area (Å²) in [6.07, 6.45) is 1.12. The number of carbonyl (C=O) groups excluding carboxylic acids is 1. The Kier molecular flexibility index (Phi) is 6.38. The van der Waals surface area contributed by atoms with Crippen molar-refractivity contribution in [3.63, 3.8) is 0 Å². The molecule has 0 spiro atoms. The molecule has 102 valence electrons. The summed E-state index contributed by atoms with van der Waals surface area (Å²) >= 11 is 3.33. The molecule has 0 aromatic carbocycles. The molecule has 18 heavy (non-hydrogen) atoms. The molecule has 1 rings (SSSR count). The van der Waals surface area contributed by atoms with Gasteiger partial charge in [0.15, 0.2) is 0 Å². The van der Waals surface area contributed by atoms with Crippen molar-refractivity contribution in [2.24, 2.45) is 0 Å². The lowest BCUT2D eigenvalue weighted by Crippen LogP contribution is -2.21. The molecule has 0 bridgehead atoms. The quantitative estimate of drug-likeness (QED) is 0.572. The molecule has 5 nitrogen and oxygen atoms in total. The topological polar surface area (TPSA) is 49.7 Å². The molecule has 0 aliphatic rings. The molecular formula is C12H18BrNO4. The number of esters is 1. The highest BCUT2D eigenvalue weighted by Gasteiger charge is 2.20. The van der Waals surface area contributed by atoms with Gasteiger partial charge in [0.1, 0.15) is 5.69 Å². The summed E-state index contributed by atoms with van der Waals surface area (Å²) in [6.45, 7) is 6.81. The van der Waals surface area contributed by atoms with E-state index < -0.39 is 12.4 Å². The molecule has 0 amide bonds. The highest BCUT2D eigenvalue weighted by atomic mass is 79.9. The van der Waals surface area contributed by atoms with Gasteiger partial charge in [-0.05, 0) is 42.8 Å². The van der Waals surface area contributed by atoms with Crippen LogP contribution in [0.3, 0.4) is 0 Å². The van der Waals surface area contributed by atoms with Crippen molar-refractivity contribution in [3.8, 4) is 0 Å².